The SMILES string of the molecule is COc1ccc(-c2csc(NC(=O)CN3C(=O)C4CCC(C)(C3=O)C4(C)C)n2)cc1. The summed E-state index contributed by atoms with van der Waals surface area (Å²) in [5, 5.41) is 5.00. The van der Waals surface area contributed by atoms with E-state index in [1.807, 2.05) is 50.4 Å². The molecule has 2 heterocycles. The van der Waals surface area contributed by atoms with Crippen LogP contribution in [0.1, 0.15) is 33.6 Å². The average molecular weight is 428 g/mol. The molecule has 2 atom stereocenters. The van der Waals surface area contributed by atoms with Gasteiger partial charge in [0.2, 0.25) is 17.7 Å². The summed E-state index contributed by atoms with van der Waals surface area (Å²) in [6, 6.07) is 7.47. The van der Waals surface area contributed by atoms with Gasteiger partial charge >= 0.3 is 0 Å². The van der Waals surface area contributed by atoms with E-state index >= 15 is 0 Å². The maximum Gasteiger partial charge on any atom is 0.246 e. The minimum absolute atomic E-state index is 0.227. The lowest BCUT2D eigenvalue weighted by molar-refractivity contribution is -0.168. The maximum absolute atomic E-state index is 13.1. The van der Waals surface area contributed by atoms with Crippen LogP contribution < -0.4 is 10.1 Å². The first-order valence-corrected chi connectivity index (χ1v) is 10.8. The molecular formula is C22H25N3O4S. The van der Waals surface area contributed by atoms with E-state index in [0.717, 1.165) is 21.9 Å². The molecule has 1 saturated carbocycles. The molecule has 0 spiro atoms. The second-order valence-corrected chi connectivity index (χ2v) is 9.55. The topological polar surface area (TPSA) is 88.6 Å². The number of carbonyl (C=O) groups excluding carboxylic acids is 3. The standard InChI is InChI=1S/C22H25N3O4S/c1-21(2)15-9-10-22(21,3)19(28)25(18(15)27)11-17(26)24-20-23-16(12-30-20)13-5-7-14(29-4)8-6-13/h5-8,12,15H,9-11H2,1-4H3,(H,23,24,26). The first kappa shape index (κ1) is 20.5. The fourth-order valence-corrected chi connectivity index (χ4v) is 5.31. The molecule has 1 aliphatic heterocycles. The average Bonchev–Trinajstić information content (AvgIpc) is 3.25. The van der Waals surface area contributed by atoms with Gasteiger partial charge in [0.05, 0.1) is 18.2 Å². The van der Waals surface area contributed by atoms with E-state index in [1.54, 1.807) is 7.11 Å². The number of nitrogens with zero attached hydrogens (tertiary/aromatic N) is 2. The Kier molecular flexibility index (Phi) is 4.92. The molecule has 1 aliphatic carbocycles. The lowest BCUT2D eigenvalue weighted by atomic mass is 9.62. The first-order chi connectivity index (χ1) is 14.2. The number of anilines is 1. The summed E-state index contributed by atoms with van der Waals surface area (Å²) in [4.78, 5) is 44.1. The van der Waals surface area contributed by atoms with E-state index in [1.165, 1.54) is 11.3 Å². The van der Waals surface area contributed by atoms with Crippen LogP contribution in [0.5, 0.6) is 5.75 Å². The van der Waals surface area contributed by atoms with Crippen LogP contribution in [-0.4, -0.2) is 41.3 Å². The number of hydrogen-bond acceptors (Lipinski definition) is 6. The summed E-state index contributed by atoms with van der Waals surface area (Å²) < 4.78 is 5.16. The number of carbonyl (C=O) groups is 3. The van der Waals surface area contributed by atoms with Crippen LogP contribution in [-0.2, 0) is 14.4 Å². The van der Waals surface area contributed by atoms with Gasteiger partial charge in [0.1, 0.15) is 12.3 Å². The van der Waals surface area contributed by atoms with Crippen molar-refractivity contribution in [2.75, 3.05) is 19.0 Å². The molecule has 1 saturated heterocycles. The summed E-state index contributed by atoms with van der Waals surface area (Å²) in [5.41, 5.74) is 0.627. The Morgan fingerprint density at radius 1 is 1.27 bits per heavy atom. The molecule has 1 aromatic heterocycles. The van der Waals surface area contributed by atoms with E-state index in [-0.39, 0.29) is 24.3 Å². The van der Waals surface area contributed by atoms with Crippen molar-refractivity contribution < 1.29 is 19.1 Å². The molecule has 8 heteroatoms. The summed E-state index contributed by atoms with van der Waals surface area (Å²) in [5.74, 6) is -0.388. The van der Waals surface area contributed by atoms with Gasteiger partial charge in [0.25, 0.3) is 0 Å². The highest BCUT2D eigenvalue weighted by atomic mass is 32.1. The molecule has 2 aliphatic rings. The molecule has 1 N–H and O–H groups in total. The Morgan fingerprint density at radius 2 is 1.97 bits per heavy atom. The van der Waals surface area contributed by atoms with Gasteiger partial charge in [-0.25, -0.2) is 4.98 Å². The van der Waals surface area contributed by atoms with Gasteiger partial charge in [-0.1, -0.05) is 20.8 Å². The van der Waals surface area contributed by atoms with Crippen molar-refractivity contribution in [3.05, 3.63) is 29.6 Å². The Morgan fingerprint density at radius 3 is 2.63 bits per heavy atom. The van der Waals surface area contributed by atoms with Crippen molar-refractivity contribution in [1.82, 2.24) is 9.88 Å². The van der Waals surface area contributed by atoms with Crippen LogP contribution in [0.2, 0.25) is 0 Å². The number of rotatable bonds is 5. The van der Waals surface area contributed by atoms with E-state index in [9.17, 15) is 14.4 Å². The number of aromatic nitrogens is 1. The normalized spacial score (nSPS) is 24.8. The monoisotopic (exact) mass is 427 g/mol. The number of likely N-dealkylation sites (tertiary alicyclic amines) is 1. The fraction of sp³-hybridized carbons (Fsp3) is 0.455. The van der Waals surface area contributed by atoms with Crippen molar-refractivity contribution in [1.29, 1.82) is 0 Å². The summed E-state index contributed by atoms with van der Waals surface area (Å²) >= 11 is 1.30. The predicted octanol–water partition coefficient (Wildman–Crippen LogP) is 3.57. The van der Waals surface area contributed by atoms with E-state index in [2.05, 4.69) is 10.3 Å². The van der Waals surface area contributed by atoms with Crippen LogP contribution in [0.4, 0.5) is 5.13 Å². The molecule has 1 aromatic carbocycles. The van der Waals surface area contributed by atoms with Crippen molar-refractivity contribution in [3.63, 3.8) is 0 Å². The summed E-state index contributed by atoms with van der Waals surface area (Å²) in [7, 11) is 1.61. The van der Waals surface area contributed by atoms with Gasteiger partial charge in [-0.15, -0.1) is 11.3 Å². The maximum atomic E-state index is 13.1. The lowest BCUT2D eigenvalue weighted by Crippen LogP contribution is -2.60. The quantitative estimate of drug-likeness (QED) is 0.737. The summed E-state index contributed by atoms with van der Waals surface area (Å²) in [6.07, 6.45) is 1.36. The van der Waals surface area contributed by atoms with Crippen LogP contribution in [0.25, 0.3) is 11.3 Å². The molecule has 2 aromatic rings. The number of fused-ring (bicyclic) bond motifs is 2. The van der Waals surface area contributed by atoms with E-state index < -0.39 is 16.7 Å². The Labute approximate surface area is 179 Å². The fourth-order valence-electron chi connectivity index (χ4n) is 4.58. The van der Waals surface area contributed by atoms with Crippen molar-refractivity contribution >= 4 is 34.2 Å². The zero-order valence-corrected chi connectivity index (χ0v) is 18.3. The molecule has 2 fully saturated rings. The molecule has 3 amide bonds. The van der Waals surface area contributed by atoms with Gasteiger partial charge in [-0.3, -0.25) is 19.3 Å². The molecule has 158 valence electrons. The second kappa shape index (κ2) is 7.19. The van der Waals surface area contributed by atoms with Crippen molar-refractivity contribution in [2.24, 2.45) is 16.7 Å². The number of piperidine rings is 1. The number of nitrogens with one attached hydrogen (secondary N) is 1. The number of ether oxygens (including phenoxy) is 1. The smallest absolute Gasteiger partial charge is 0.246 e. The molecule has 2 bridgehead atoms. The first-order valence-electron chi connectivity index (χ1n) is 9.93. The van der Waals surface area contributed by atoms with Gasteiger partial charge in [0.15, 0.2) is 5.13 Å². The van der Waals surface area contributed by atoms with Gasteiger partial charge in [0, 0.05) is 16.9 Å². The highest BCUT2D eigenvalue weighted by Gasteiger charge is 2.64. The zero-order chi connectivity index (χ0) is 21.7. The number of benzene rings is 1. The minimum Gasteiger partial charge on any atom is -0.497 e. The number of thiazole rings is 1. The minimum atomic E-state index is -0.616. The number of amides is 3. The van der Waals surface area contributed by atoms with E-state index in [0.29, 0.717) is 18.0 Å². The number of hydrogen-bond donors (Lipinski definition) is 1. The second-order valence-electron chi connectivity index (χ2n) is 8.69. The highest BCUT2D eigenvalue weighted by molar-refractivity contribution is 7.14. The van der Waals surface area contributed by atoms with Crippen molar-refractivity contribution in [2.45, 2.75) is 33.6 Å². The van der Waals surface area contributed by atoms with Crippen LogP contribution in [0.15, 0.2) is 29.6 Å². The Hall–Kier alpha value is -2.74. The number of imide groups is 1. The lowest BCUT2D eigenvalue weighted by Gasteiger charge is -2.47. The molecular weight excluding hydrogens is 402 g/mol. The van der Waals surface area contributed by atoms with Crippen molar-refractivity contribution in [3.8, 4) is 17.0 Å². The molecule has 2 unspecified atom stereocenters. The van der Waals surface area contributed by atoms with Crippen LogP contribution in [0.3, 0.4) is 0 Å². The molecule has 0 radical (unpaired) electrons. The third-order valence-corrected chi connectivity index (χ3v) is 7.70. The zero-order valence-electron chi connectivity index (χ0n) is 17.5. The Bertz CT molecular complexity index is 1010. The predicted molar refractivity (Wildman–Crippen MR) is 114 cm³/mol. The third-order valence-electron chi connectivity index (χ3n) is 6.95. The van der Waals surface area contributed by atoms with Crippen LogP contribution >= 0.6 is 11.3 Å². The van der Waals surface area contributed by atoms with Crippen LogP contribution in [0, 0.1) is 16.7 Å². The molecule has 30 heavy (non-hydrogen) atoms. The molecule has 4 rings (SSSR count). The van der Waals surface area contributed by atoms with Gasteiger partial charge in [-0.2, -0.15) is 0 Å². The Balaban J connectivity index is 1.45. The highest BCUT2D eigenvalue weighted by Crippen LogP contribution is 2.59. The van der Waals surface area contributed by atoms with Gasteiger partial charge < -0.3 is 10.1 Å². The summed E-state index contributed by atoms with van der Waals surface area (Å²) in [6.45, 7) is 5.59. The third kappa shape index (κ3) is 3.10. The molecule has 7 nitrogen and oxygen atoms in total. The van der Waals surface area contributed by atoms with E-state index in [4.69, 9.17) is 4.74 Å². The van der Waals surface area contributed by atoms with Gasteiger partial charge in [-0.05, 0) is 42.5 Å². The largest absolute Gasteiger partial charge is 0.497 e. The number of methoxy groups -OCH3 is 1.